The van der Waals surface area contributed by atoms with Crippen molar-refractivity contribution in [1.29, 1.82) is 0 Å². The Kier molecular flexibility index (Phi) is 1.18. The summed E-state index contributed by atoms with van der Waals surface area (Å²) in [5.41, 5.74) is 1.48. The standard InChI is InChI=1S/C8H7NO2/c10-5-1-2-7-6(3-5)8(11)4-9-7/h1-2,9H,3-4H2. The number of nitrogens with one attached hydrogen (secondary N) is 1. The van der Waals surface area contributed by atoms with E-state index in [1.165, 1.54) is 6.08 Å². The molecule has 0 unspecified atom stereocenters. The molecule has 0 fully saturated rings. The van der Waals surface area contributed by atoms with Crippen LogP contribution in [-0.4, -0.2) is 18.1 Å². The monoisotopic (exact) mass is 149 g/mol. The lowest BCUT2D eigenvalue weighted by Gasteiger charge is -2.03. The summed E-state index contributed by atoms with van der Waals surface area (Å²) in [4.78, 5) is 21.9. The normalized spacial score (nSPS) is 22.2. The van der Waals surface area contributed by atoms with Crippen LogP contribution in [0.5, 0.6) is 0 Å². The molecule has 1 heterocycles. The van der Waals surface area contributed by atoms with Gasteiger partial charge in [0.2, 0.25) is 0 Å². The lowest BCUT2D eigenvalue weighted by atomic mass is 10.0. The zero-order valence-electron chi connectivity index (χ0n) is 5.89. The molecule has 1 aliphatic carbocycles. The van der Waals surface area contributed by atoms with Gasteiger partial charge in [-0.3, -0.25) is 9.59 Å². The molecular weight excluding hydrogens is 142 g/mol. The highest BCUT2D eigenvalue weighted by Gasteiger charge is 2.24. The molecule has 2 rings (SSSR count). The molecular formula is C8H7NO2. The maximum atomic E-state index is 11.0. The van der Waals surface area contributed by atoms with E-state index >= 15 is 0 Å². The Morgan fingerprint density at radius 1 is 1.27 bits per heavy atom. The van der Waals surface area contributed by atoms with Gasteiger partial charge in [0.15, 0.2) is 11.6 Å². The van der Waals surface area contributed by atoms with Gasteiger partial charge in [0.25, 0.3) is 0 Å². The molecule has 0 aromatic carbocycles. The molecule has 3 heteroatoms. The van der Waals surface area contributed by atoms with Crippen LogP contribution in [-0.2, 0) is 9.59 Å². The molecule has 0 saturated carbocycles. The molecule has 11 heavy (non-hydrogen) atoms. The van der Waals surface area contributed by atoms with E-state index in [1.54, 1.807) is 6.08 Å². The number of carbonyl (C=O) groups excluding carboxylic acids is 2. The predicted octanol–water partition coefficient (Wildman–Crippen LogP) is -0.0582. The summed E-state index contributed by atoms with van der Waals surface area (Å²) >= 11 is 0. The van der Waals surface area contributed by atoms with Crippen LogP contribution >= 0.6 is 0 Å². The Labute approximate surface area is 63.8 Å². The second kappa shape index (κ2) is 2.05. The van der Waals surface area contributed by atoms with Gasteiger partial charge < -0.3 is 5.32 Å². The lowest BCUT2D eigenvalue weighted by Crippen LogP contribution is -2.10. The summed E-state index contributed by atoms with van der Waals surface area (Å²) < 4.78 is 0. The highest BCUT2D eigenvalue weighted by molar-refractivity contribution is 6.08. The SMILES string of the molecule is O=C1C=CC2=C(C1)C(=O)CN2. The van der Waals surface area contributed by atoms with E-state index in [4.69, 9.17) is 0 Å². The number of hydrogen-bond donors (Lipinski definition) is 1. The fraction of sp³-hybridized carbons (Fsp3) is 0.250. The number of rotatable bonds is 0. The topological polar surface area (TPSA) is 46.2 Å². The first-order chi connectivity index (χ1) is 5.27. The second-order valence-corrected chi connectivity index (χ2v) is 2.65. The van der Waals surface area contributed by atoms with Crippen LogP contribution in [0.3, 0.4) is 0 Å². The van der Waals surface area contributed by atoms with Gasteiger partial charge in [0, 0.05) is 17.7 Å². The first-order valence-corrected chi connectivity index (χ1v) is 3.48. The smallest absolute Gasteiger partial charge is 0.180 e. The van der Waals surface area contributed by atoms with E-state index in [0.29, 0.717) is 12.1 Å². The Morgan fingerprint density at radius 3 is 2.91 bits per heavy atom. The Hall–Kier alpha value is -1.38. The molecule has 0 aromatic rings. The molecule has 2 aliphatic rings. The maximum Gasteiger partial charge on any atom is 0.180 e. The van der Waals surface area contributed by atoms with Crippen LogP contribution in [0.25, 0.3) is 0 Å². The average molecular weight is 149 g/mol. The summed E-state index contributed by atoms with van der Waals surface area (Å²) in [5.74, 6) is 0.0681. The van der Waals surface area contributed by atoms with Gasteiger partial charge in [-0.1, -0.05) is 0 Å². The number of allylic oxidation sites excluding steroid dienone is 2. The summed E-state index contributed by atoms with van der Waals surface area (Å²) in [7, 11) is 0. The number of Topliss-reactive ketones (excluding diaryl/α,β-unsaturated/α-hetero) is 1. The number of ketones is 2. The van der Waals surface area contributed by atoms with Crippen LogP contribution in [0.1, 0.15) is 6.42 Å². The van der Waals surface area contributed by atoms with Crippen LogP contribution in [0.15, 0.2) is 23.4 Å². The van der Waals surface area contributed by atoms with Crippen LogP contribution in [0, 0.1) is 0 Å². The van der Waals surface area contributed by atoms with Crippen molar-refractivity contribution in [3.63, 3.8) is 0 Å². The zero-order valence-corrected chi connectivity index (χ0v) is 5.89. The van der Waals surface area contributed by atoms with Gasteiger partial charge in [-0.2, -0.15) is 0 Å². The maximum absolute atomic E-state index is 11.0. The van der Waals surface area contributed by atoms with Crippen LogP contribution < -0.4 is 5.32 Å². The van der Waals surface area contributed by atoms with Crippen molar-refractivity contribution in [3.05, 3.63) is 23.4 Å². The van der Waals surface area contributed by atoms with E-state index in [0.717, 1.165) is 5.70 Å². The highest BCUT2D eigenvalue weighted by atomic mass is 16.1. The van der Waals surface area contributed by atoms with Crippen molar-refractivity contribution < 1.29 is 9.59 Å². The Bertz CT molecular complexity index is 299. The van der Waals surface area contributed by atoms with Crippen molar-refractivity contribution in [2.75, 3.05) is 6.54 Å². The fourth-order valence-corrected chi connectivity index (χ4v) is 1.30. The van der Waals surface area contributed by atoms with Crippen molar-refractivity contribution >= 4 is 11.6 Å². The number of carbonyl (C=O) groups is 2. The molecule has 0 radical (unpaired) electrons. The summed E-state index contributed by atoms with van der Waals surface area (Å²) in [6.45, 7) is 0.349. The summed E-state index contributed by atoms with van der Waals surface area (Å²) in [6.07, 6.45) is 3.45. The molecule has 0 amide bonds. The van der Waals surface area contributed by atoms with Crippen molar-refractivity contribution in [2.45, 2.75) is 6.42 Å². The minimum atomic E-state index is 0.0146. The van der Waals surface area contributed by atoms with Crippen molar-refractivity contribution in [2.24, 2.45) is 0 Å². The van der Waals surface area contributed by atoms with Gasteiger partial charge >= 0.3 is 0 Å². The van der Waals surface area contributed by atoms with E-state index in [-0.39, 0.29) is 18.0 Å². The summed E-state index contributed by atoms with van der Waals surface area (Å²) in [5, 5.41) is 2.92. The first kappa shape index (κ1) is 6.34. The highest BCUT2D eigenvalue weighted by Crippen LogP contribution is 2.19. The third kappa shape index (κ3) is 0.888. The summed E-state index contributed by atoms with van der Waals surface area (Å²) in [6, 6.07) is 0. The molecule has 0 aromatic heterocycles. The molecule has 0 saturated heterocycles. The molecule has 3 nitrogen and oxygen atoms in total. The minimum absolute atomic E-state index is 0.0146. The van der Waals surface area contributed by atoms with Gasteiger partial charge in [0.05, 0.1) is 6.54 Å². The van der Waals surface area contributed by atoms with E-state index in [1.807, 2.05) is 0 Å². The Morgan fingerprint density at radius 2 is 2.09 bits per heavy atom. The van der Waals surface area contributed by atoms with Crippen LogP contribution in [0.4, 0.5) is 0 Å². The van der Waals surface area contributed by atoms with Gasteiger partial charge in [0.1, 0.15) is 0 Å². The molecule has 0 bridgehead atoms. The quantitative estimate of drug-likeness (QED) is 0.525. The molecule has 1 N–H and O–H groups in total. The van der Waals surface area contributed by atoms with Gasteiger partial charge in [-0.05, 0) is 12.2 Å². The van der Waals surface area contributed by atoms with E-state index in [2.05, 4.69) is 5.32 Å². The minimum Gasteiger partial charge on any atom is -0.377 e. The second-order valence-electron chi connectivity index (χ2n) is 2.65. The van der Waals surface area contributed by atoms with E-state index in [9.17, 15) is 9.59 Å². The average Bonchev–Trinajstić information content (AvgIpc) is 2.33. The molecule has 0 atom stereocenters. The third-order valence-corrected chi connectivity index (χ3v) is 1.89. The third-order valence-electron chi connectivity index (χ3n) is 1.89. The molecule has 1 aliphatic heterocycles. The fourth-order valence-electron chi connectivity index (χ4n) is 1.30. The number of hydrogen-bond acceptors (Lipinski definition) is 3. The largest absolute Gasteiger partial charge is 0.377 e. The lowest BCUT2D eigenvalue weighted by molar-refractivity contribution is -0.117. The predicted molar refractivity (Wildman–Crippen MR) is 38.8 cm³/mol. The van der Waals surface area contributed by atoms with Crippen LogP contribution in [0.2, 0.25) is 0 Å². The van der Waals surface area contributed by atoms with Gasteiger partial charge in [-0.15, -0.1) is 0 Å². The van der Waals surface area contributed by atoms with Crippen molar-refractivity contribution in [3.8, 4) is 0 Å². The van der Waals surface area contributed by atoms with E-state index < -0.39 is 0 Å². The van der Waals surface area contributed by atoms with Crippen molar-refractivity contribution in [1.82, 2.24) is 5.32 Å². The Balaban J connectivity index is 2.40. The molecule has 56 valence electrons. The first-order valence-electron chi connectivity index (χ1n) is 3.48. The molecule has 0 spiro atoms. The zero-order chi connectivity index (χ0) is 7.84. The van der Waals surface area contributed by atoms with Gasteiger partial charge in [-0.25, -0.2) is 0 Å².